The third kappa shape index (κ3) is 3.48. The first kappa shape index (κ1) is 15.5. The lowest BCUT2D eigenvalue weighted by atomic mass is 10.00. The first-order valence-corrected chi connectivity index (χ1v) is 6.26. The highest BCUT2D eigenvalue weighted by Crippen LogP contribution is 2.32. The average molecular weight is 310 g/mol. The number of rotatable bonds is 5. The standard InChI is InChI=1S/C6H15FO5P4/c7-6-5(12-16)4(11-15)3(10-14)2(9-6)1-8-13/h2-6H,1,13-16H2/t2?,3-,4+,5?,6+/m0/s1. The molecule has 1 aliphatic rings. The second-order valence-corrected chi connectivity index (χ2v) is 4.31. The Morgan fingerprint density at radius 1 is 0.938 bits per heavy atom. The lowest BCUT2D eigenvalue weighted by Gasteiger charge is -2.41. The molecule has 10 heteroatoms. The van der Waals surface area contributed by atoms with E-state index in [0.29, 0.717) is 0 Å². The molecule has 0 spiro atoms. The number of hydrogen-bond donors (Lipinski definition) is 0. The van der Waals surface area contributed by atoms with Crippen LogP contribution in [0.5, 0.6) is 0 Å². The first-order chi connectivity index (χ1) is 7.69. The van der Waals surface area contributed by atoms with Crippen molar-refractivity contribution in [2.45, 2.75) is 30.8 Å². The molecule has 0 radical (unpaired) electrons. The van der Waals surface area contributed by atoms with Crippen LogP contribution in [0.15, 0.2) is 0 Å². The number of hydrogen-bond acceptors (Lipinski definition) is 5. The normalized spacial score (nSPS) is 39.9. The summed E-state index contributed by atoms with van der Waals surface area (Å²) in [5.74, 6) is 0. The van der Waals surface area contributed by atoms with Crippen molar-refractivity contribution in [3.05, 3.63) is 0 Å². The molecule has 0 amide bonds. The van der Waals surface area contributed by atoms with E-state index in [1.54, 1.807) is 0 Å². The average Bonchev–Trinajstić information content (AvgIpc) is 2.28. The highest BCUT2D eigenvalue weighted by Gasteiger charge is 2.47. The van der Waals surface area contributed by atoms with Crippen molar-refractivity contribution in [1.82, 2.24) is 0 Å². The maximum atomic E-state index is 13.6. The quantitative estimate of drug-likeness (QED) is 0.709. The van der Waals surface area contributed by atoms with Crippen LogP contribution >= 0.6 is 37.9 Å². The molecule has 1 fully saturated rings. The number of halogens is 1. The van der Waals surface area contributed by atoms with Crippen LogP contribution in [-0.2, 0) is 22.8 Å². The summed E-state index contributed by atoms with van der Waals surface area (Å²) in [4.78, 5) is 0. The Morgan fingerprint density at radius 2 is 1.50 bits per heavy atom. The van der Waals surface area contributed by atoms with Gasteiger partial charge in [-0.2, -0.15) is 0 Å². The van der Waals surface area contributed by atoms with Crippen molar-refractivity contribution in [3.63, 3.8) is 0 Å². The fraction of sp³-hybridized carbons (Fsp3) is 1.00. The van der Waals surface area contributed by atoms with E-state index in [-0.39, 0.29) is 6.61 Å². The maximum absolute atomic E-state index is 13.6. The van der Waals surface area contributed by atoms with Crippen molar-refractivity contribution in [2.24, 2.45) is 0 Å². The molecule has 0 aromatic heterocycles. The molecular formula is C6H15FO5P4. The molecule has 6 unspecified atom stereocenters. The minimum Gasteiger partial charge on any atom is -0.363 e. The summed E-state index contributed by atoms with van der Waals surface area (Å²) in [5.41, 5.74) is 0. The molecule has 0 aromatic carbocycles. The van der Waals surface area contributed by atoms with Gasteiger partial charge in [-0.3, -0.25) is 0 Å². The third-order valence-corrected chi connectivity index (χ3v) is 3.44. The van der Waals surface area contributed by atoms with Crippen LogP contribution in [0.25, 0.3) is 0 Å². The van der Waals surface area contributed by atoms with E-state index in [4.69, 9.17) is 22.8 Å². The SMILES string of the molecule is F[C@@H]1OC(COP)[C@H](OP)[C@@H](OP)C1OP. The van der Waals surface area contributed by atoms with Gasteiger partial charge in [-0.25, -0.2) is 4.39 Å². The molecule has 96 valence electrons. The summed E-state index contributed by atoms with van der Waals surface area (Å²) in [6, 6.07) is 0. The van der Waals surface area contributed by atoms with Crippen molar-refractivity contribution in [3.8, 4) is 0 Å². The fourth-order valence-corrected chi connectivity index (χ4v) is 2.67. The van der Waals surface area contributed by atoms with Crippen LogP contribution < -0.4 is 0 Å². The molecule has 1 rings (SSSR count). The van der Waals surface area contributed by atoms with Gasteiger partial charge in [-0.1, -0.05) is 0 Å². The minimum absolute atomic E-state index is 0.179. The summed E-state index contributed by atoms with van der Waals surface area (Å²) in [7, 11) is 8.25. The molecule has 9 atom stereocenters. The van der Waals surface area contributed by atoms with Crippen molar-refractivity contribution >= 4 is 37.9 Å². The van der Waals surface area contributed by atoms with Crippen LogP contribution in [0.1, 0.15) is 0 Å². The van der Waals surface area contributed by atoms with Gasteiger partial charge in [0.2, 0.25) is 6.36 Å². The second kappa shape index (κ2) is 7.79. The van der Waals surface area contributed by atoms with Gasteiger partial charge in [-0.05, 0) is 0 Å². The molecule has 1 saturated heterocycles. The zero-order valence-corrected chi connectivity index (χ0v) is 12.9. The van der Waals surface area contributed by atoms with E-state index in [1.165, 1.54) is 0 Å². The number of alkyl halides is 1. The molecule has 1 heterocycles. The van der Waals surface area contributed by atoms with Crippen LogP contribution in [0.2, 0.25) is 0 Å². The van der Waals surface area contributed by atoms with Crippen LogP contribution in [0.3, 0.4) is 0 Å². The largest absolute Gasteiger partial charge is 0.363 e. The lowest BCUT2D eigenvalue weighted by Crippen LogP contribution is -2.57. The topological polar surface area (TPSA) is 46.2 Å². The lowest BCUT2D eigenvalue weighted by molar-refractivity contribution is -0.238. The Balaban J connectivity index is 2.78. The van der Waals surface area contributed by atoms with Gasteiger partial charge < -0.3 is 22.8 Å². The fourth-order valence-electron chi connectivity index (χ4n) is 1.56. The van der Waals surface area contributed by atoms with E-state index in [2.05, 4.69) is 28.4 Å². The number of ether oxygens (including phenoxy) is 1. The van der Waals surface area contributed by atoms with Gasteiger partial charge in [0.05, 0.1) is 6.61 Å². The summed E-state index contributed by atoms with van der Waals surface area (Å²) < 4.78 is 38.7. The predicted octanol–water partition coefficient (Wildman–Crippen LogP) is 1.01. The predicted molar refractivity (Wildman–Crippen MR) is 69.2 cm³/mol. The molecule has 0 saturated carbocycles. The van der Waals surface area contributed by atoms with E-state index >= 15 is 0 Å². The third-order valence-electron chi connectivity index (χ3n) is 2.31. The highest BCUT2D eigenvalue weighted by molar-refractivity contribution is 7.10. The first-order valence-electron chi connectivity index (χ1n) is 4.37. The Labute approximate surface area is 103 Å². The molecule has 0 bridgehead atoms. The van der Waals surface area contributed by atoms with Gasteiger partial charge in [0.1, 0.15) is 24.4 Å². The van der Waals surface area contributed by atoms with E-state index in [1.807, 2.05) is 9.47 Å². The summed E-state index contributed by atoms with van der Waals surface area (Å²) >= 11 is 0. The molecule has 16 heavy (non-hydrogen) atoms. The molecule has 1 aliphatic heterocycles. The Bertz CT molecular complexity index is 213. The molecular weight excluding hydrogens is 295 g/mol. The van der Waals surface area contributed by atoms with Crippen molar-refractivity contribution < 1.29 is 27.2 Å². The van der Waals surface area contributed by atoms with Gasteiger partial charge in [0.25, 0.3) is 0 Å². The van der Waals surface area contributed by atoms with Crippen LogP contribution in [0.4, 0.5) is 4.39 Å². The van der Waals surface area contributed by atoms with Crippen molar-refractivity contribution in [1.29, 1.82) is 0 Å². The minimum atomic E-state index is -1.59. The Morgan fingerprint density at radius 3 is 1.94 bits per heavy atom. The summed E-state index contributed by atoms with van der Waals surface area (Å²) in [5, 5.41) is 0. The monoisotopic (exact) mass is 310 g/mol. The maximum Gasteiger partial charge on any atom is 0.228 e. The second-order valence-electron chi connectivity index (χ2n) is 3.16. The summed E-state index contributed by atoms with van der Waals surface area (Å²) in [6.45, 7) is 0.179. The molecule has 0 N–H and O–H groups in total. The van der Waals surface area contributed by atoms with Crippen LogP contribution in [0, 0.1) is 0 Å². The zero-order chi connectivity index (χ0) is 12.1. The van der Waals surface area contributed by atoms with Crippen LogP contribution in [-0.4, -0.2) is 37.4 Å². The summed E-state index contributed by atoms with van der Waals surface area (Å²) in [6.07, 6.45) is -4.13. The van der Waals surface area contributed by atoms with E-state index < -0.39 is 30.8 Å². The molecule has 0 aliphatic carbocycles. The Kier molecular flexibility index (Phi) is 7.55. The van der Waals surface area contributed by atoms with Gasteiger partial charge in [-0.15, -0.1) is 0 Å². The van der Waals surface area contributed by atoms with E-state index in [0.717, 1.165) is 0 Å². The van der Waals surface area contributed by atoms with Gasteiger partial charge >= 0.3 is 0 Å². The zero-order valence-electron chi connectivity index (χ0n) is 8.32. The highest BCUT2D eigenvalue weighted by atomic mass is 31.0. The molecule has 0 aromatic rings. The van der Waals surface area contributed by atoms with Gasteiger partial charge in [0, 0.05) is 37.9 Å². The van der Waals surface area contributed by atoms with Gasteiger partial charge in [0.15, 0.2) is 0 Å². The molecule has 5 nitrogen and oxygen atoms in total. The smallest absolute Gasteiger partial charge is 0.228 e. The van der Waals surface area contributed by atoms with E-state index in [9.17, 15) is 4.39 Å². The van der Waals surface area contributed by atoms with Crippen molar-refractivity contribution in [2.75, 3.05) is 6.61 Å². The Hall–Kier alpha value is 1.45.